The van der Waals surface area contributed by atoms with Gasteiger partial charge in [-0.3, -0.25) is 0 Å². The van der Waals surface area contributed by atoms with Crippen LogP contribution in [0.3, 0.4) is 0 Å². The number of hydrogen-bond acceptors (Lipinski definition) is 1. The van der Waals surface area contributed by atoms with Crippen molar-refractivity contribution in [1.29, 1.82) is 0 Å². The molecule has 63 heavy (non-hydrogen) atoms. The van der Waals surface area contributed by atoms with E-state index in [1.807, 2.05) is 42.5 Å². The number of rotatable bonds is 8. The van der Waals surface area contributed by atoms with E-state index in [0.29, 0.717) is 0 Å². The fourth-order valence-electron chi connectivity index (χ4n) is 10.8. The molecule has 0 aliphatic heterocycles. The Morgan fingerprint density at radius 1 is 0.619 bits per heavy atom. The molecular weight excluding hydrogens is 759 g/mol. The van der Waals surface area contributed by atoms with Crippen LogP contribution in [0.1, 0.15) is 88.7 Å². The topological polar surface area (TPSA) is 12.0 Å². The van der Waals surface area contributed by atoms with Crippen LogP contribution < -0.4 is 5.32 Å². The first-order valence-electron chi connectivity index (χ1n) is 22.7. The van der Waals surface area contributed by atoms with E-state index in [-0.39, 0.29) is 5.41 Å². The van der Waals surface area contributed by atoms with Crippen LogP contribution in [0.5, 0.6) is 0 Å². The largest absolute Gasteiger partial charge is 0.355 e. The molecule has 306 valence electrons. The Bertz CT molecular complexity index is 3080. The molecule has 0 fully saturated rings. The van der Waals surface area contributed by atoms with Gasteiger partial charge in [0.05, 0.1) is 5.41 Å². The van der Waals surface area contributed by atoms with Gasteiger partial charge in [-0.25, -0.2) is 0 Å². The summed E-state index contributed by atoms with van der Waals surface area (Å²) in [4.78, 5) is 0. The summed E-state index contributed by atoms with van der Waals surface area (Å²) in [6.45, 7) is 8.31. The number of allylic oxidation sites excluding steroid dienone is 10. The van der Waals surface area contributed by atoms with Crippen LogP contribution in [0.15, 0.2) is 200 Å². The Kier molecular flexibility index (Phi) is 10.9. The zero-order chi connectivity index (χ0) is 42.8. The molecule has 1 heteroatoms. The van der Waals surface area contributed by atoms with Gasteiger partial charge in [0.2, 0.25) is 0 Å². The predicted octanol–water partition coefficient (Wildman–Crippen LogP) is 16.5. The van der Waals surface area contributed by atoms with Gasteiger partial charge in [-0.2, -0.15) is 0 Å². The fraction of sp³-hybridized carbons (Fsp3) is 0.129. The normalized spacial score (nSPS) is 16.8. The van der Waals surface area contributed by atoms with Crippen LogP contribution in [0, 0.1) is 0 Å². The first-order chi connectivity index (χ1) is 31.1. The molecule has 4 aliphatic carbocycles. The molecule has 1 N–H and O–H groups in total. The highest BCUT2D eigenvalue weighted by atomic mass is 14.9. The molecule has 0 saturated carbocycles. The van der Waals surface area contributed by atoms with E-state index in [9.17, 15) is 0 Å². The van der Waals surface area contributed by atoms with Gasteiger partial charge in [-0.15, -0.1) is 0 Å². The molecule has 0 radical (unpaired) electrons. The lowest BCUT2D eigenvalue weighted by atomic mass is 9.69. The van der Waals surface area contributed by atoms with Gasteiger partial charge in [0, 0.05) is 11.4 Å². The first-order valence-corrected chi connectivity index (χ1v) is 22.7. The summed E-state index contributed by atoms with van der Waals surface area (Å²) >= 11 is 0. The highest BCUT2D eigenvalue weighted by Crippen LogP contribution is 2.62. The van der Waals surface area contributed by atoms with Crippen LogP contribution in [-0.4, -0.2) is 0 Å². The maximum Gasteiger partial charge on any atom is 0.0722 e. The Labute approximate surface area is 373 Å². The fourth-order valence-corrected chi connectivity index (χ4v) is 10.8. The molecule has 11 rings (SSSR count). The average Bonchev–Trinajstić information content (AvgIpc) is 3.80. The van der Waals surface area contributed by atoms with E-state index in [2.05, 4.69) is 190 Å². The molecule has 0 heterocycles. The standard InChI is InChI=1S/C44H37N.C18H16/c1-3-13-40-30(4-2)36-18-9-11-20-41(36)44(40)42-21-12-10-19-37(42)39-27-29(23-25-43(39)44)45-28-22-24-35-33-16-6-5-14-31(33)32-15-7-8-17-34(32)38(35)26-28;1-2-17(18-13-7-4-8-14-18)15-9-12-16-10-5-3-6-11-16/h3,6,8-13,16-27,45H,4-5,7,14-15H2,1-2H3;2-15H,1H2/b13-3-;12-9-,17-15+. The number of hydrogen-bond donors (Lipinski definition) is 1. The summed E-state index contributed by atoms with van der Waals surface area (Å²) in [6.07, 6.45) is 27.7. The Morgan fingerprint density at radius 3 is 1.92 bits per heavy atom. The third-order valence-corrected chi connectivity index (χ3v) is 13.4. The molecule has 7 aromatic rings. The second kappa shape index (κ2) is 17.3. The van der Waals surface area contributed by atoms with Gasteiger partial charge in [-0.1, -0.05) is 196 Å². The highest BCUT2D eigenvalue weighted by molar-refractivity contribution is 6.02. The zero-order valence-corrected chi connectivity index (χ0v) is 36.4. The van der Waals surface area contributed by atoms with Crippen molar-refractivity contribution < 1.29 is 0 Å². The highest BCUT2D eigenvalue weighted by Gasteiger charge is 2.51. The molecule has 1 unspecified atom stereocenters. The summed E-state index contributed by atoms with van der Waals surface area (Å²) in [5.41, 5.74) is 22.6. The van der Waals surface area contributed by atoms with Crippen LogP contribution in [0.2, 0.25) is 0 Å². The van der Waals surface area contributed by atoms with Gasteiger partial charge in [0.25, 0.3) is 0 Å². The van der Waals surface area contributed by atoms with E-state index >= 15 is 0 Å². The van der Waals surface area contributed by atoms with E-state index in [1.165, 1.54) is 77.6 Å². The molecule has 0 amide bonds. The van der Waals surface area contributed by atoms with Crippen molar-refractivity contribution in [2.45, 2.75) is 51.4 Å². The number of fused-ring (bicyclic) bond motifs is 13. The van der Waals surface area contributed by atoms with Crippen molar-refractivity contribution in [3.05, 3.63) is 256 Å². The Hall–Kier alpha value is -7.22. The van der Waals surface area contributed by atoms with E-state index < -0.39 is 0 Å². The van der Waals surface area contributed by atoms with Gasteiger partial charge < -0.3 is 5.32 Å². The second-order valence-corrected chi connectivity index (χ2v) is 16.9. The van der Waals surface area contributed by atoms with Gasteiger partial charge >= 0.3 is 0 Å². The molecule has 0 saturated heterocycles. The lowest BCUT2D eigenvalue weighted by Crippen LogP contribution is -2.26. The predicted molar refractivity (Wildman–Crippen MR) is 272 cm³/mol. The van der Waals surface area contributed by atoms with Crippen molar-refractivity contribution in [2.75, 3.05) is 5.32 Å². The third kappa shape index (κ3) is 6.99. The maximum atomic E-state index is 3.86. The van der Waals surface area contributed by atoms with Crippen LogP contribution >= 0.6 is 0 Å². The average molecular weight is 812 g/mol. The minimum atomic E-state index is -0.292. The van der Waals surface area contributed by atoms with Crippen LogP contribution in [0.25, 0.3) is 51.3 Å². The molecule has 0 aromatic heterocycles. The van der Waals surface area contributed by atoms with E-state index in [0.717, 1.165) is 49.1 Å². The maximum absolute atomic E-state index is 3.86. The van der Waals surface area contributed by atoms with Crippen LogP contribution in [0.4, 0.5) is 11.4 Å². The van der Waals surface area contributed by atoms with E-state index in [4.69, 9.17) is 0 Å². The summed E-state index contributed by atoms with van der Waals surface area (Å²) in [7, 11) is 0. The molecule has 0 bridgehead atoms. The zero-order valence-electron chi connectivity index (χ0n) is 36.4. The van der Waals surface area contributed by atoms with Crippen molar-refractivity contribution in [1.82, 2.24) is 0 Å². The van der Waals surface area contributed by atoms with Crippen molar-refractivity contribution in [2.24, 2.45) is 0 Å². The lowest BCUT2D eigenvalue weighted by Gasteiger charge is -2.31. The molecule has 7 aromatic carbocycles. The Morgan fingerprint density at radius 2 is 1.22 bits per heavy atom. The van der Waals surface area contributed by atoms with Crippen LogP contribution in [-0.2, 0) is 18.3 Å². The van der Waals surface area contributed by atoms with E-state index in [1.54, 1.807) is 11.1 Å². The monoisotopic (exact) mass is 811 g/mol. The quantitative estimate of drug-likeness (QED) is 0.151. The lowest BCUT2D eigenvalue weighted by molar-refractivity contribution is 0.785. The smallest absolute Gasteiger partial charge is 0.0722 e. The van der Waals surface area contributed by atoms with Crippen molar-refractivity contribution in [3.63, 3.8) is 0 Å². The molecule has 1 atom stereocenters. The summed E-state index contributed by atoms with van der Waals surface area (Å²) < 4.78 is 0. The summed E-state index contributed by atoms with van der Waals surface area (Å²) in [5.74, 6) is 0. The van der Waals surface area contributed by atoms with Gasteiger partial charge in [0.1, 0.15) is 0 Å². The van der Waals surface area contributed by atoms with Gasteiger partial charge in [0.15, 0.2) is 0 Å². The molecular formula is C62H53N. The van der Waals surface area contributed by atoms with Crippen molar-refractivity contribution >= 4 is 51.5 Å². The Balaban J connectivity index is 0.000000220. The second-order valence-electron chi connectivity index (χ2n) is 16.9. The third-order valence-electron chi connectivity index (χ3n) is 13.4. The number of benzene rings is 7. The summed E-state index contributed by atoms with van der Waals surface area (Å²) in [5, 5.41) is 6.56. The SMILES string of the molecule is C/C=C\C1=C(CC)c2ccccc2C12c1ccccc1-c1cc(Nc3ccc4c5c(c6c(c4c3)C=CCC6)CCC=C5)ccc12.C=C/C(=C\C=C/c1ccccc1)c1ccccc1. The minimum absolute atomic E-state index is 0.292. The molecule has 1 spiro atoms. The minimum Gasteiger partial charge on any atom is -0.355 e. The number of nitrogens with one attached hydrogen (secondary N) is 1. The molecule has 1 nitrogen and oxygen atoms in total. The first kappa shape index (κ1) is 39.9. The van der Waals surface area contributed by atoms with Crippen molar-refractivity contribution in [3.8, 4) is 11.1 Å². The number of anilines is 2. The van der Waals surface area contributed by atoms with Gasteiger partial charge in [-0.05, 0) is 158 Å². The summed E-state index contributed by atoms with van der Waals surface area (Å²) in [6, 6.07) is 52.7. The molecule has 4 aliphatic rings.